The lowest BCUT2D eigenvalue weighted by Crippen LogP contribution is -2.47. The fourth-order valence-electron chi connectivity index (χ4n) is 3.82. The predicted molar refractivity (Wildman–Crippen MR) is 116 cm³/mol. The summed E-state index contributed by atoms with van der Waals surface area (Å²) in [4.78, 5) is 14.5. The normalized spacial score (nSPS) is 16.3. The van der Waals surface area contributed by atoms with Crippen LogP contribution in [-0.2, 0) is 21.0 Å². The highest BCUT2D eigenvalue weighted by molar-refractivity contribution is 7.89. The van der Waals surface area contributed by atoms with Crippen molar-refractivity contribution in [3.05, 3.63) is 59.7 Å². The zero-order valence-corrected chi connectivity index (χ0v) is 18.7. The Morgan fingerprint density at radius 1 is 1.12 bits per heavy atom. The molecule has 10 heteroatoms. The summed E-state index contributed by atoms with van der Waals surface area (Å²) in [5, 5.41) is 2.54. The number of nitrogens with one attached hydrogen (secondary N) is 1. The monoisotopic (exact) mass is 469 g/mol. The molecule has 6 nitrogen and oxygen atoms in total. The minimum atomic E-state index is -4.49. The minimum Gasteiger partial charge on any atom is -0.325 e. The largest absolute Gasteiger partial charge is 0.416 e. The first-order chi connectivity index (χ1) is 15.0. The summed E-state index contributed by atoms with van der Waals surface area (Å²) >= 11 is 0. The van der Waals surface area contributed by atoms with Gasteiger partial charge in [0, 0.05) is 31.9 Å². The second-order valence-corrected chi connectivity index (χ2v) is 9.97. The summed E-state index contributed by atoms with van der Waals surface area (Å²) in [6, 6.07) is 11.5. The lowest BCUT2D eigenvalue weighted by molar-refractivity contribution is -0.137. The first-order valence-corrected chi connectivity index (χ1v) is 11.6. The Morgan fingerprint density at radius 2 is 1.75 bits per heavy atom. The van der Waals surface area contributed by atoms with Gasteiger partial charge in [-0.2, -0.15) is 17.5 Å². The second-order valence-electron chi connectivity index (χ2n) is 7.98. The standard InChI is InChI=1S/C22H26F3N3O3S/c1-16-12-17(22(23,24)25)14-18(13-16)26-21(29)15-28-10-8-19(9-11-28)27(2)32(30,31)20-6-4-3-5-7-20/h3-7,12-14,19H,8-11,15H2,1-2H3,(H,26,29). The Bertz CT molecular complexity index is 1050. The van der Waals surface area contributed by atoms with Crippen LogP contribution < -0.4 is 5.32 Å². The number of likely N-dealkylation sites (tertiary alicyclic amines) is 1. The average Bonchev–Trinajstić information content (AvgIpc) is 2.73. The number of hydrogen-bond donors (Lipinski definition) is 1. The van der Waals surface area contributed by atoms with E-state index in [-0.39, 0.29) is 23.2 Å². The number of carbonyl (C=O) groups is 1. The van der Waals surface area contributed by atoms with Crippen molar-refractivity contribution in [2.45, 2.75) is 36.9 Å². The topological polar surface area (TPSA) is 69.7 Å². The van der Waals surface area contributed by atoms with E-state index in [1.165, 1.54) is 17.3 Å². The van der Waals surface area contributed by atoms with Crippen LogP contribution in [0.4, 0.5) is 18.9 Å². The summed E-state index contributed by atoms with van der Waals surface area (Å²) in [7, 11) is -2.04. The Hall–Kier alpha value is -2.43. The molecule has 2 aromatic carbocycles. The minimum absolute atomic E-state index is 0.0250. The van der Waals surface area contributed by atoms with Crippen molar-refractivity contribution in [2.75, 3.05) is 32.0 Å². The van der Waals surface area contributed by atoms with Gasteiger partial charge in [-0.3, -0.25) is 9.69 Å². The molecule has 174 valence electrons. The predicted octanol–water partition coefficient (Wildman–Crippen LogP) is 3.74. The van der Waals surface area contributed by atoms with E-state index in [1.54, 1.807) is 37.4 Å². The van der Waals surface area contributed by atoms with Gasteiger partial charge in [0.15, 0.2) is 0 Å². The van der Waals surface area contributed by atoms with Crippen molar-refractivity contribution in [1.82, 2.24) is 9.21 Å². The molecule has 0 unspecified atom stereocenters. The van der Waals surface area contributed by atoms with Gasteiger partial charge < -0.3 is 5.32 Å². The SMILES string of the molecule is Cc1cc(NC(=O)CN2CCC(N(C)S(=O)(=O)c3ccccc3)CC2)cc(C(F)(F)F)c1. The van der Waals surface area contributed by atoms with Crippen LogP contribution in [0.1, 0.15) is 24.0 Å². The van der Waals surface area contributed by atoms with Gasteiger partial charge in [-0.1, -0.05) is 18.2 Å². The van der Waals surface area contributed by atoms with Gasteiger partial charge in [0.05, 0.1) is 17.0 Å². The van der Waals surface area contributed by atoms with E-state index >= 15 is 0 Å². The number of hydrogen-bond acceptors (Lipinski definition) is 4. The fourth-order valence-corrected chi connectivity index (χ4v) is 5.26. The number of sulfonamides is 1. The number of alkyl halides is 3. The van der Waals surface area contributed by atoms with Crippen LogP contribution in [0.5, 0.6) is 0 Å². The van der Waals surface area contributed by atoms with Gasteiger partial charge in [0.2, 0.25) is 15.9 Å². The first-order valence-electron chi connectivity index (χ1n) is 10.2. The van der Waals surface area contributed by atoms with Gasteiger partial charge in [0.25, 0.3) is 0 Å². The van der Waals surface area contributed by atoms with Gasteiger partial charge >= 0.3 is 6.18 Å². The van der Waals surface area contributed by atoms with Gasteiger partial charge in [-0.25, -0.2) is 8.42 Å². The summed E-state index contributed by atoms with van der Waals surface area (Å²) in [6.07, 6.45) is -3.38. The zero-order valence-electron chi connectivity index (χ0n) is 17.9. The summed E-state index contributed by atoms with van der Waals surface area (Å²) in [5.41, 5.74) is -0.305. The number of anilines is 1. The first kappa shape index (κ1) is 24.2. The third-order valence-electron chi connectivity index (χ3n) is 5.55. The Kier molecular flexibility index (Phi) is 7.26. The molecule has 0 aliphatic carbocycles. The molecule has 2 aromatic rings. The van der Waals surface area contributed by atoms with Crippen LogP contribution in [0, 0.1) is 6.92 Å². The van der Waals surface area contributed by atoms with Crippen LogP contribution in [0.2, 0.25) is 0 Å². The fraction of sp³-hybridized carbons (Fsp3) is 0.409. The maximum Gasteiger partial charge on any atom is 0.416 e. The summed E-state index contributed by atoms with van der Waals surface area (Å²) in [6.45, 7) is 2.58. The van der Waals surface area contributed by atoms with Crippen molar-refractivity contribution in [3.8, 4) is 0 Å². The van der Waals surface area contributed by atoms with E-state index in [0.29, 0.717) is 31.5 Å². The van der Waals surface area contributed by atoms with Crippen molar-refractivity contribution in [3.63, 3.8) is 0 Å². The number of halogens is 3. The van der Waals surface area contributed by atoms with E-state index in [1.807, 2.05) is 4.90 Å². The molecule has 0 atom stereocenters. The van der Waals surface area contributed by atoms with Gasteiger partial charge in [-0.05, 0) is 55.7 Å². The highest BCUT2D eigenvalue weighted by Crippen LogP contribution is 2.32. The molecule has 1 saturated heterocycles. The van der Waals surface area contributed by atoms with E-state index in [2.05, 4.69) is 5.32 Å². The highest BCUT2D eigenvalue weighted by atomic mass is 32.2. The molecule has 32 heavy (non-hydrogen) atoms. The van der Waals surface area contributed by atoms with E-state index < -0.39 is 27.7 Å². The van der Waals surface area contributed by atoms with Gasteiger partial charge in [0.1, 0.15) is 0 Å². The van der Waals surface area contributed by atoms with Crippen molar-refractivity contribution < 1.29 is 26.4 Å². The number of aryl methyl sites for hydroxylation is 1. The maximum absolute atomic E-state index is 13.0. The number of piperidine rings is 1. The van der Waals surface area contributed by atoms with E-state index in [4.69, 9.17) is 0 Å². The third kappa shape index (κ3) is 5.87. The molecule has 1 heterocycles. The van der Waals surface area contributed by atoms with E-state index in [9.17, 15) is 26.4 Å². The summed E-state index contributed by atoms with van der Waals surface area (Å²) in [5.74, 6) is -0.410. The molecule has 0 saturated carbocycles. The lowest BCUT2D eigenvalue weighted by Gasteiger charge is -2.35. The number of nitrogens with zero attached hydrogens (tertiary/aromatic N) is 2. The molecule has 0 aromatic heterocycles. The smallest absolute Gasteiger partial charge is 0.325 e. The zero-order chi connectivity index (χ0) is 23.5. The van der Waals surface area contributed by atoms with Crippen molar-refractivity contribution in [2.24, 2.45) is 0 Å². The number of benzene rings is 2. The van der Waals surface area contributed by atoms with Crippen LogP contribution in [0.15, 0.2) is 53.4 Å². The average molecular weight is 470 g/mol. The molecular weight excluding hydrogens is 443 g/mol. The molecule has 1 aliphatic heterocycles. The summed E-state index contributed by atoms with van der Waals surface area (Å²) < 4.78 is 65.9. The maximum atomic E-state index is 13.0. The number of rotatable bonds is 6. The quantitative estimate of drug-likeness (QED) is 0.700. The van der Waals surface area contributed by atoms with Crippen molar-refractivity contribution in [1.29, 1.82) is 0 Å². The van der Waals surface area contributed by atoms with Crippen molar-refractivity contribution >= 4 is 21.6 Å². The second kappa shape index (κ2) is 9.60. The molecule has 0 radical (unpaired) electrons. The van der Waals surface area contributed by atoms with Crippen LogP contribution in [-0.4, -0.2) is 56.3 Å². The Morgan fingerprint density at radius 3 is 2.34 bits per heavy atom. The Labute approximate surface area is 186 Å². The molecule has 1 N–H and O–H groups in total. The molecule has 1 amide bonds. The Balaban J connectivity index is 1.55. The van der Waals surface area contributed by atoms with E-state index in [0.717, 1.165) is 12.1 Å². The molecule has 1 aliphatic rings. The van der Waals surface area contributed by atoms with Crippen LogP contribution in [0.25, 0.3) is 0 Å². The molecule has 0 spiro atoms. The lowest BCUT2D eigenvalue weighted by atomic mass is 10.1. The van der Waals surface area contributed by atoms with Crippen LogP contribution >= 0.6 is 0 Å². The van der Waals surface area contributed by atoms with Gasteiger partial charge in [-0.15, -0.1) is 0 Å². The molecule has 0 bridgehead atoms. The van der Waals surface area contributed by atoms with Crippen LogP contribution in [0.3, 0.4) is 0 Å². The third-order valence-corrected chi connectivity index (χ3v) is 7.47. The highest BCUT2D eigenvalue weighted by Gasteiger charge is 2.32. The number of amides is 1. The molecule has 3 rings (SSSR count). The molecule has 1 fully saturated rings. The molecular formula is C22H26F3N3O3S. The number of carbonyl (C=O) groups excluding carboxylic acids is 1.